The number of aromatic nitrogens is 2. The number of hydrogen-bond acceptors (Lipinski definition) is 10. The van der Waals surface area contributed by atoms with Crippen LogP contribution < -0.4 is 5.32 Å². The number of aliphatic hydroxyl groups excluding tert-OH is 4. The Labute approximate surface area is 206 Å². The molecule has 35 heavy (non-hydrogen) atoms. The maximum Gasteiger partial charge on any atom is 0.183 e. The van der Waals surface area contributed by atoms with Crippen molar-refractivity contribution in [3.05, 3.63) is 42.2 Å². The summed E-state index contributed by atoms with van der Waals surface area (Å²) < 4.78 is 10.9. The zero-order valence-corrected chi connectivity index (χ0v) is 20.5. The minimum Gasteiger partial charge on any atom is -0.395 e. The first-order valence-corrected chi connectivity index (χ1v) is 12.1. The fraction of sp³-hybridized carbons (Fsp3) is 0.600. The highest BCUT2D eigenvalue weighted by atomic mass is 16.7. The van der Waals surface area contributed by atoms with E-state index in [1.807, 2.05) is 23.1 Å². The average Bonchev–Trinajstić information content (AvgIpc) is 2.88. The molecule has 0 unspecified atom stereocenters. The van der Waals surface area contributed by atoms with Gasteiger partial charge in [-0.1, -0.05) is 12.8 Å². The van der Waals surface area contributed by atoms with E-state index in [1.54, 1.807) is 32.7 Å². The Morgan fingerprint density at radius 3 is 2.40 bits per heavy atom. The van der Waals surface area contributed by atoms with Gasteiger partial charge in [-0.05, 0) is 43.7 Å². The van der Waals surface area contributed by atoms with Crippen LogP contribution in [0.1, 0.15) is 37.5 Å². The number of methoxy groups -OCH3 is 2. The van der Waals surface area contributed by atoms with Gasteiger partial charge in [-0.15, -0.1) is 0 Å². The summed E-state index contributed by atoms with van der Waals surface area (Å²) in [5, 5.41) is 42.9. The van der Waals surface area contributed by atoms with Crippen LogP contribution in [0, 0.1) is 0 Å². The smallest absolute Gasteiger partial charge is 0.183 e. The van der Waals surface area contributed by atoms with Gasteiger partial charge in [-0.2, -0.15) is 0 Å². The summed E-state index contributed by atoms with van der Waals surface area (Å²) in [4.78, 5) is 10.6. The topological polar surface area (TPSA) is 140 Å². The third-order valence-corrected chi connectivity index (χ3v) is 6.40. The molecule has 2 aromatic rings. The molecule has 1 aliphatic rings. The summed E-state index contributed by atoms with van der Waals surface area (Å²) in [5.74, 6) is 0.630. The standard InChI is InChI=1S/C25H38N4O6/c1-34-25(35-2)18-12-17(24-27-9-7-10-28-24)13-19(14-18)26-8-5-3-4-6-11-29-15-21(31)23(33)22(32)20(29)16-30/h7,9-10,12-14,20-23,25-26,30-33H,3-6,8,11,15-16H2,1-2H3/t20-,21+,22-,23-/m1/s1. The van der Waals surface area contributed by atoms with Gasteiger partial charge < -0.3 is 35.2 Å². The summed E-state index contributed by atoms with van der Waals surface area (Å²) in [6.45, 7) is 1.43. The zero-order chi connectivity index (χ0) is 25.2. The van der Waals surface area contributed by atoms with Crippen molar-refractivity contribution in [1.82, 2.24) is 14.9 Å². The van der Waals surface area contributed by atoms with E-state index in [2.05, 4.69) is 15.3 Å². The first-order chi connectivity index (χ1) is 17.0. The highest BCUT2D eigenvalue weighted by molar-refractivity contribution is 5.64. The number of anilines is 1. The Hall–Kier alpha value is -2.18. The minimum absolute atomic E-state index is 0.249. The lowest BCUT2D eigenvalue weighted by Gasteiger charge is -2.43. The summed E-state index contributed by atoms with van der Waals surface area (Å²) in [6, 6.07) is 7.21. The molecule has 10 nitrogen and oxygen atoms in total. The van der Waals surface area contributed by atoms with Crippen molar-refractivity contribution >= 4 is 5.69 Å². The molecule has 3 rings (SSSR count). The summed E-state index contributed by atoms with van der Waals surface area (Å²) in [6.07, 6.45) is 3.38. The molecule has 1 aromatic heterocycles. The van der Waals surface area contributed by atoms with E-state index in [9.17, 15) is 20.4 Å². The fourth-order valence-corrected chi connectivity index (χ4v) is 4.50. The molecule has 1 saturated heterocycles. The quantitative estimate of drug-likeness (QED) is 0.205. The Bertz CT molecular complexity index is 886. The molecule has 10 heteroatoms. The van der Waals surface area contributed by atoms with Crippen LogP contribution in [0.25, 0.3) is 11.4 Å². The van der Waals surface area contributed by atoms with Crippen molar-refractivity contribution in [3.8, 4) is 11.4 Å². The Kier molecular flexibility index (Phi) is 10.8. The normalized spacial score (nSPS) is 23.1. The number of ether oxygens (including phenoxy) is 2. The third-order valence-electron chi connectivity index (χ3n) is 6.40. The predicted molar refractivity (Wildman–Crippen MR) is 132 cm³/mol. The number of β-amino-alcohol motifs (C(OH)–C–C–N with tert-alkyl or cyclic N) is 1. The van der Waals surface area contributed by atoms with Crippen molar-refractivity contribution in [1.29, 1.82) is 0 Å². The molecule has 1 fully saturated rings. The van der Waals surface area contributed by atoms with Crippen LogP contribution in [0.2, 0.25) is 0 Å². The molecular weight excluding hydrogens is 452 g/mol. The van der Waals surface area contributed by atoms with Crippen LogP contribution in [-0.2, 0) is 9.47 Å². The number of benzene rings is 1. The van der Waals surface area contributed by atoms with Crippen LogP contribution in [-0.4, -0.2) is 100 Å². The van der Waals surface area contributed by atoms with Crippen molar-refractivity contribution in [2.45, 2.75) is 56.3 Å². The molecule has 1 aromatic carbocycles. The van der Waals surface area contributed by atoms with Crippen molar-refractivity contribution in [2.24, 2.45) is 0 Å². The number of unbranched alkanes of at least 4 members (excludes halogenated alkanes) is 3. The highest BCUT2D eigenvalue weighted by Gasteiger charge is 2.40. The van der Waals surface area contributed by atoms with E-state index in [1.165, 1.54) is 0 Å². The lowest BCUT2D eigenvalue weighted by Crippen LogP contribution is -2.62. The summed E-state index contributed by atoms with van der Waals surface area (Å²) >= 11 is 0. The lowest BCUT2D eigenvalue weighted by molar-refractivity contribution is -0.145. The van der Waals surface area contributed by atoms with Gasteiger partial charge in [0.1, 0.15) is 12.2 Å². The third kappa shape index (κ3) is 7.40. The SMILES string of the molecule is COC(OC)c1cc(NCCCCCCN2C[C@H](O)[C@@H](O)[C@H](O)[C@H]2CO)cc(-c2ncccn2)c1. The molecule has 0 spiro atoms. The number of piperidine rings is 1. The first kappa shape index (κ1) is 27.4. The molecule has 194 valence electrons. The van der Waals surface area contributed by atoms with Crippen molar-refractivity contribution < 1.29 is 29.9 Å². The number of likely N-dealkylation sites (tertiary alicyclic amines) is 1. The second-order valence-corrected chi connectivity index (χ2v) is 8.85. The molecule has 0 saturated carbocycles. The second-order valence-electron chi connectivity index (χ2n) is 8.85. The fourth-order valence-electron chi connectivity index (χ4n) is 4.50. The molecule has 2 heterocycles. The zero-order valence-electron chi connectivity index (χ0n) is 20.5. The Morgan fingerprint density at radius 1 is 1.00 bits per heavy atom. The minimum atomic E-state index is -1.22. The maximum atomic E-state index is 10.1. The Morgan fingerprint density at radius 2 is 1.71 bits per heavy atom. The molecule has 0 bridgehead atoms. The van der Waals surface area contributed by atoms with Crippen molar-refractivity contribution in [3.63, 3.8) is 0 Å². The van der Waals surface area contributed by atoms with Gasteiger partial charge in [0, 0.05) is 56.5 Å². The number of aliphatic hydroxyl groups is 4. The molecule has 5 N–H and O–H groups in total. The van der Waals surface area contributed by atoms with Gasteiger partial charge >= 0.3 is 0 Å². The average molecular weight is 491 g/mol. The van der Waals surface area contributed by atoms with E-state index in [0.29, 0.717) is 12.4 Å². The van der Waals surface area contributed by atoms with Gasteiger partial charge in [0.2, 0.25) is 0 Å². The maximum absolute atomic E-state index is 10.1. The van der Waals surface area contributed by atoms with Gasteiger partial charge in [0.15, 0.2) is 12.1 Å². The van der Waals surface area contributed by atoms with Crippen LogP contribution in [0.5, 0.6) is 0 Å². The van der Waals surface area contributed by atoms with Crippen LogP contribution >= 0.6 is 0 Å². The van der Waals surface area contributed by atoms with Crippen LogP contribution in [0.15, 0.2) is 36.7 Å². The van der Waals surface area contributed by atoms with Crippen LogP contribution in [0.4, 0.5) is 5.69 Å². The molecule has 0 radical (unpaired) electrons. The molecule has 4 atom stereocenters. The van der Waals surface area contributed by atoms with Crippen LogP contribution in [0.3, 0.4) is 0 Å². The first-order valence-electron chi connectivity index (χ1n) is 12.1. The molecule has 0 aliphatic carbocycles. The number of nitrogens with zero attached hydrogens (tertiary/aromatic N) is 3. The monoisotopic (exact) mass is 490 g/mol. The van der Waals surface area contributed by atoms with Crippen molar-refractivity contribution in [2.75, 3.05) is 45.8 Å². The van der Waals surface area contributed by atoms with Gasteiger partial charge in [-0.25, -0.2) is 9.97 Å². The van der Waals surface area contributed by atoms with E-state index < -0.39 is 30.6 Å². The largest absolute Gasteiger partial charge is 0.395 e. The van der Waals surface area contributed by atoms with Gasteiger partial charge in [0.05, 0.1) is 18.8 Å². The molecule has 1 aliphatic heterocycles. The number of nitrogens with one attached hydrogen (secondary N) is 1. The predicted octanol–water partition coefficient (Wildman–Crippen LogP) is 1.17. The molecule has 0 amide bonds. The summed E-state index contributed by atoms with van der Waals surface area (Å²) in [7, 11) is 3.20. The summed E-state index contributed by atoms with van der Waals surface area (Å²) in [5.41, 5.74) is 2.68. The van der Waals surface area contributed by atoms with E-state index in [0.717, 1.165) is 49.0 Å². The van der Waals surface area contributed by atoms with E-state index in [4.69, 9.17) is 9.47 Å². The second kappa shape index (κ2) is 13.8. The molecular formula is C25H38N4O6. The lowest BCUT2D eigenvalue weighted by atomic mass is 9.94. The number of hydrogen-bond donors (Lipinski definition) is 5. The van der Waals surface area contributed by atoms with E-state index in [-0.39, 0.29) is 13.2 Å². The van der Waals surface area contributed by atoms with Gasteiger partial charge in [0.25, 0.3) is 0 Å². The van der Waals surface area contributed by atoms with E-state index >= 15 is 0 Å². The number of rotatable bonds is 13. The Balaban J connectivity index is 1.48. The highest BCUT2D eigenvalue weighted by Crippen LogP contribution is 2.27. The van der Waals surface area contributed by atoms with Gasteiger partial charge in [-0.3, -0.25) is 4.90 Å².